The van der Waals surface area contributed by atoms with E-state index in [1.165, 1.54) is 12.2 Å². The highest BCUT2D eigenvalue weighted by Gasteiger charge is 2.19. The van der Waals surface area contributed by atoms with Crippen molar-refractivity contribution >= 4 is 34.7 Å². The van der Waals surface area contributed by atoms with Gasteiger partial charge >= 0.3 is 0 Å². The summed E-state index contributed by atoms with van der Waals surface area (Å²) in [6, 6.07) is 5.74. The van der Waals surface area contributed by atoms with Crippen LogP contribution in [-0.2, 0) is 0 Å². The topological polar surface area (TPSA) is 92.6 Å². The predicted molar refractivity (Wildman–Crippen MR) is 104 cm³/mol. The number of aromatic amines is 1. The van der Waals surface area contributed by atoms with Crippen molar-refractivity contribution in [3.63, 3.8) is 0 Å². The number of rotatable bonds is 6. The van der Waals surface area contributed by atoms with Crippen LogP contribution >= 0.6 is 11.3 Å². The lowest BCUT2D eigenvalue weighted by Gasteiger charge is -2.06. The van der Waals surface area contributed by atoms with Crippen LogP contribution in [0.1, 0.15) is 16.1 Å². The third kappa shape index (κ3) is 3.94. The van der Waals surface area contributed by atoms with Gasteiger partial charge in [0.2, 0.25) is 0 Å². The molecule has 2 aromatic heterocycles. The van der Waals surface area contributed by atoms with E-state index < -0.39 is 6.17 Å². The van der Waals surface area contributed by atoms with Crippen LogP contribution in [0.2, 0.25) is 0 Å². The lowest BCUT2D eigenvalue weighted by molar-refractivity contribution is 0.0955. The molecule has 0 fully saturated rings. The fourth-order valence-electron chi connectivity index (χ4n) is 2.50. The molecular weight excluding hydrogens is 351 g/mol. The zero-order valence-electron chi connectivity index (χ0n) is 13.8. The Bertz CT molecular complexity index is 921. The molecule has 5 nitrogen and oxygen atoms in total. The molecule has 0 spiro atoms. The number of halogens is 1. The monoisotopic (exact) mass is 368 g/mol. The van der Waals surface area contributed by atoms with E-state index in [9.17, 15) is 9.18 Å². The normalized spacial score (nSPS) is 16.0. The van der Waals surface area contributed by atoms with Crippen molar-refractivity contribution in [2.75, 3.05) is 6.54 Å². The average molecular weight is 368 g/mol. The highest BCUT2D eigenvalue weighted by molar-refractivity contribution is 7.13. The first kappa shape index (κ1) is 17.8. The number of nitrogens with one attached hydrogen (secondary N) is 4. The van der Waals surface area contributed by atoms with Gasteiger partial charge in [0.15, 0.2) is 0 Å². The molecule has 26 heavy (non-hydrogen) atoms. The van der Waals surface area contributed by atoms with Gasteiger partial charge in [-0.1, -0.05) is 24.3 Å². The third-order valence-electron chi connectivity index (χ3n) is 3.79. The molecule has 2 aromatic rings. The first-order valence-electron chi connectivity index (χ1n) is 7.92. The maximum absolute atomic E-state index is 13.5. The van der Waals surface area contributed by atoms with E-state index in [1.807, 2.05) is 23.6 Å². The quantitative estimate of drug-likeness (QED) is 0.570. The molecule has 2 heterocycles. The lowest BCUT2D eigenvalue weighted by atomic mass is 10.0. The van der Waals surface area contributed by atoms with Crippen LogP contribution in [0, 0.1) is 10.8 Å². The van der Waals surface area contributed by atoms with Crippen molar-refractivity contribution in [1.82, 2.24) is 10.3 Å². The number of carbonyl (C=O) groups is 1. The Kier molecular flexibility index (Phi) is 5.38. The lowest BCUT2D eigenvalue weighted by Crippen LogP contribution is -2.30. The van der Waals surface area contributed by atoms with E-state index in [0.29, 0.717) is 16.8 Å². The number of H-pyrrole nitrogens is 1. The first-order valence-corrected chi connectivity index (χ1v) is 8.80. The van der Waals surface area contributed by atoms with Crippen molar-refractivity contribution in [2.24, 2.45) is 0 Å². The molecule has 1 atom stereocenters. The molecule has 0 saturated carbocycles. The molecule has 0 aromatic carbocycles. The number of thiophene rings is 1. The van der Waals surface area contributed by atoms with Crippen LogP contribution in [0.3, 0.4) is 0 Å². The maximum Gasteiger partial charge on any atom is 0.268 e. The van der Waals surface area contributed by atoms with Crippen molar-refractivity contribution in [3.05, 3.63) is 65.2 Å². The van der Waals surface area contributed by atoms with E-state index in [-0.39, 0.29) is 18.2 Å². The van der Waals surface area contributed by atoms with Crippen LogP contribution in [0.4, 0.5) is 4.39 Å². The SMILES string of the molecule is N=CC(=N)CNC(=O)c1[nH]c(-c2cccs2)cc1C1=CC=CC(F)C=C1. The Morgan fingerprint density at radius 2 is 2.27 bits per heavy atom. The molecule has 0 radical (unpaired) electrons. The van der Waals surface area contributed by atoms with E-state index in [2.05, 4.69) is 10.3 Å². The summed E-state index contributed by atoms with van der Waals surface area (Å²) in [5.74, 6) is -0.381. The van der Waals surface area contributed by atoms with Crippen LogP contribution in [0.15, 0.2) is 54.0 Å². The van der Waals surface area contributed by atoms with Gasteiger partial charge in [0.25, 0.3) is 5.91 Å². The largest absolute Gasteiger partial charge is 0.349 e. The number of amides is 1. The molecule has 7 heteroatoms. The highest BCUT2D eigenvalue weighted by Crippen LogP contribution is 2.31. The number of hydrogen-bond acceptors (Lipinski definition) is 4. The van der Waals surface area contributed by atoms with Gasteiger partial charge in [-0.15, -0.1) is 11.3 Å². The van der Waals surface area contributed by atoms with Gasteiger partial charge in [-0.05, 0) is 35.2 Å². The summed E-state index contributed by atoms with van der Waals surface area (Å²) in [6.45, 7) is -0.0313. The Morgan fingerprint density at radius 1 is 1.42 bits per heavy atom. The maximum atomic E-state index is 13.5. The third-order valence-corrected chi connectivity index (χ3v) is 4.69. The molecule has 0 aliphatic heterocycles. The van der Waals surface area contributed by atoms with Crippen LogP contribution in [-0.4, -0.2) is 35.5 Å². The molecule has 1 aliphatic rings. The minimum absolute atomic E-state index is 0.00159. The van der Waals surface area contributed by atoms with Gasteiger partial charge in [0.05, 0.1) is 22.8 Å². The smallest absolute Gasteiger partial charge is 0.268 e. The molecule has 1 amide bonds. The van der Waals surface area contributed by atoms with Crippen LogP contribution in [0.25, 0.3) is 16.1 Å². The predicted octanol–water partition coefficient (Wildman–Crippen LogP) is 3.99. The molecule has 0 saturated heterocycles. The minimum Gasteiger partial charge on any atom is -0.349 e. The van der Waals surface area contributed by atoms with E-state index >= 15 is 0 Å². The van der Waals surface area contributed by atoms with Crippen molar-refractivity contribution in [1.29, 1.82) is 10.8 Å². The highest BCUT2D eigenvalue weighted by atomic mass is 32.1. The summed E-state index contributed by atoms with van der Waals surface area (Å²) in [5, 5.41) is 19.1. The average Bonchev–Trinajstić information content (AvgIpc) is 3.27. The number of allylic oxidation sites excluding steroid dienone is 6. The number of alkyl halides is 1. The molecular formula is C19H17FN4OS. The fraction of sp³-hybridized carbons (Fsp3) is 0.105. The Labute approximate surface area is 154 Å². The van der Waals surface area contributed by atoms with Gasteiger partial charge in [0, 0.05) is 11.8 Å². The zero-order valence-corrected chi connectivity index (χ0v) is 14.6. The summed E-state index contributed by atoms with van der Waals surface area (Å²) in [7, 11) is 0. The number of carbonyl (C=O) groups excluding carboxylic acids is 1. The Hall–Kier alpha value is -3.06. The summed E-state index contributed by atoms with van der Waals surface area (Å²) >= 11 is 1.54. The minimum atomic E-state index is -1.16. The number of aromatic nitrogens is 1. The van der Waals surface area contributed by atoms with Gasteiger partial charge in [-0.25, -0.2) is 4.39 Å². The molecule has 1 aliphatic carbocycles. The van der Waals surface area contributed by atoms with Crippen molar-refractivity contribution in [3.8, 4) is 10.6 Å². The van der Waals surface area contributed by atoms with Crippen molar-refractivity contribution < 1.29 is 9.18 Å². The van der Waals surface area contributed by atoms with Gasteiger partial charge < -0.3 is 21.1 Å². The Morgan fingerprint density at radius 3 is 3.00 bits per heavy atom. The summed E-state index contributed by atoms with van der Waals surface area (Å²) in [6.07, 6.45) is 7.63. The van der Waals surface area contributed by atoms with Crippen LogP contribution < -0.4 is 5.32 Å². The first-order chi connectivity index (χ1) is 12.6. The second-order valence-electron chi connectivity index (χ2n) is 5.61. The second-order valence-corrected chi connectivity index (χ2v) is 6.56. The van der Waals surface area contributed by atoms with Gasteiger partial charge in [-0.2, -0.15) is 0 Å². The standard InChI is InChI=1S/C19H17FN4OS/c20-13-4-1-3-12(6-7-13)15-9-16(17-5-2-8-26-17)24-18(15)19(25)23-11-14(22)10-21/h1-10,13,21-22,24H,11H2,(H,23,25). The van der Waals surface area contributed by atoms with E-state index in [4.69, 9.17) is 10.8 Å². The molecule has 132 valence electrons. The summed E-state index contributed by atoms with van der Waals surface area (Å²) in [5.41, 5.74) is 2.51. The van der Waals surface area contributed by atoms with Crippen LogP contribution in [0.5, 0.6) is 0 Å². The molecule has 0 bridgehead atoms. The van der Waals surface area contributed by atoms with Gasteiger partial charge in [0.1, 0.15) is 11.9 Å². The fourth-order valence-corrected chi connectivity index (χ4v) is 3.20. The number of hydrogen-bond donors (Lipinski definition) is 4. The van der Waals surface area contributed by atoms with Crippen molar-refractivity contribution in [2.45, 2.75) is 6.17 Å². The van der Waals surface area contributed by atoms with E-state index in [1.54, 1.807) is 29.6 Å². The molecule has 1 unspecified atom stereocenters. The Balaban J connectivity index is 1.98. The van der Waals surface area contributed by atoms with Gasteiger partial charge in [-0.3, -0.25) is 4.79 Å². The van der Waals surface area contributed by atoms with E-state index in [0.717, 1.165) is 16.8 Å². The zero-order chi connectivity index (χ0) is 18.5. The molecule has 4 N–H and O–H groups in total. The molecule has 3 rings (SSSR count). The summed E-state index contributed by atoms with van der Waals surface area (Å²) < 4.78 is 13.5. The summed E-state index contributed by atoms with van der Waals surface area (Å²) in [4.78, 5) is 16.7. The second kappa shape index (κ2) is 7.88.